The first kappa shape index (κ1) is 12.6. The van der Waals surface area contributed by atoms with Gasteiger partial charge in [0, 0.05) is 16.7 Å². The van der Waals surface area contributed by atoms with Crippen LogP contribution in [0.3, 0.4) is 0 Å². The van der Waals surface area contributed by atoms with Gasteiger partial charge in [0.25, 0.3) is 0 Å². The molecule has 18 heavy (non-hydrogen) atoms. The zero-order valence-electron chi connectivity index (χ0n) is 9.81. The lowest BCUT2D eigenvalue weighted by Crippen LogP contribution is -2.28. The zero-order valence-corrected chi connectivity index (χ0v) is 11.4. The summed E-state index contributed by atoms with van der Waals surface area (Å²) in [5.41, 5.74) is 1.70. The molecule has 2 heterocycles. The largest absolute Gasteiger partial charge is 0.249 e. The van der Waals surface area contributed by atoms with E-state index < -0.39 is 0 Å². The Morgan fingerprint density at radius 1 is 1.28 bits per heavy atom. The minimum Gasteiger partial charge on any atom is -0.249 e. The average molecular weight is 302 g/mol. The molecular weight excluding hydrogens is 290 g/mol. The van der Waals surface area contributed by atoms with Crippen LogP contribution < -0.4 is 10.6 Å². The Balaban J connectivity index is 2.57. The van der Waals surface area contributed by atoms with E-state index in [9.17, 15) is 0 Å². The highest BCUT2D eigenvalue weighted by Gasteiger charge is 2.03. The van der Waals surface area contributed by atoms with Crippen molar-refractivity contribution in [1.29, 1.82) is 0 Å². The monoisotopic (exact) mass is 301 g/mol. The van der Waals surface area contributed by atoms with Gasteiger partial charge in [-0.05, 0) is 18.2 Å². The maximum absolute atomic E-state index is 4.46. The van der Waals surface area contributed by atoms with Crippen molar-refractivity contribution in [2.45, 2.75) is 5.33 Å². The molecule has 2 rings (SSSR count). The summed E-state index contributed by atoms with van der Waals surface area (Å²) in [7, 11) is 0. The molecule has 0 aromatic carbocycles. The van der Waals surface area contributed by atoms with E-state index in [-0.39, 0.29) is 0 Å². The fraction of sp³-hybridized carbons (Fsp3) is 0.0714. The summed E-state index contributed by atoms with van der Waals surface area (Å²) in [6.45, 7) is 7.54. The van der Waals surface area contributed by atoms with E-state index in [1.54, 1.807) is 12.3 Å². The van der Waals surface area contributed by atoms with Crippen molar-refractivity contribution in [2.75, 3.05) is 0 Å². The second-order valence-corrected chi connectivity index (χ2v) is 4.21. The molecule has 0 radical (unpaired) electrons. The molecule has 0 saturated carbocycles. The lowest BCUT2D eigenvalue weighted by Gasteiger charge is -2.01. The Labute approximate surface area is 114 Å². The third-order valence-electron chi connectivity index (χ3n) is 2.35. The first-order chi connectivity index (χ1) is 8.74. The van der Waals surface area contributed by atoms with Gasteiger partial charge in [0.2, 0.25) is 0 Å². The summed E-state index contributed by atoms with van der Waals surface area (Å²) in [4.78, 5) is 13.2. The van der Waals surface area contributed by atoms with E-state index in [0.29, 0.717) is 11.2 Å². The maximum Gasteiger partial charge on any atom is 0.178 e. The third kappa shape index (κ3) is 2.71. The maximum atomic E-state index is 4.46. The first-order valence-electron chi connectivity index (χ1n) is 5.41. The zero-order chi connectivity index (χ0) is 13.0. The number of pyridine rings is 1. The van der Waals surface area contributed by atoms with Crippen molar-refractivity contribution in [3.8, 4) is 11.5 Å². The highest BCUT2D eigenvalue weighted by Crippen LogP contribution is 2.11. The number of rotatable bonds is 3. The lowest BCUT2D eigenvalue weighted by atomic mass is 10.3. The summed E-state index contributed by atoms with van der Waals surface area (Å²) in [5, 5.41) is 2.25. The predicted molar refractivity (Wildman–Crippen MR) is 77.3 cm³/mol. The first-order valence-corrected chi connectivity index (χ1v) is 6.54. The summed E-state index contributed by atoms with van der Waals surface area (Å²) in [6.07, 6.45) is 5.19. The predicted octanol–water partition coefficient (Wildman–Crippen LogP) is 1.81. The summed E-state index contributed by atoms with van der Waals surface area (Å²) in [5.74, 6) is 0.596. The number of nitrogens with zero attached hydrogens (tertiary/aromatic N) is 3. The van der Waals surface area contributed by atoms with E-state index in [2.05, 4.69) is 44.0 Å². The number of allylic oxidation sites excluding steroid dienone is 1. The van der Waals surface area contributed by atoms with Gasteiger partial charge in [0.05, 0.1) is 11.0 Å². The van der Waals surface area contributed by atoms with Crippen LogP contribution in [-0.4, -0.2) is 15.0 Å². The van der Waals surface area contributed by atoms with Gasteiger partial charge < -0.3 is 0 Å². The highest BCUT2D eigenvalue weighted by atomic mass is 79.9. The topological polar surface area (TPSA) is 38.7 Å². The molecule has 4 heteroatoms. The molecule has 0 N–H and O–H groups in total. The van der Waals surface area contributed by atoms with Crippen LogP contribution in [0.1, 0.15) is 5.69 Å². The SMILES string of the molecule is C=C/C=c1/nc(-c2cccc(CBr)n2)ncc1=C. The fourth-order valence-electron chi connectivity index (χ4n) is 1.48. The fourth-order valence-corrected chi connectivity index (χ4v) is 1.79. The van der Waals surface area contributed by atoms with Gasteiger partial charge in [0.15, 0.2) is 5.82 Å². The van der Waals surface area contributed by atoms with Gasteiger partial charge in [0.1, 0.15) is 5.69 Å². The van der Waals surface area contributed by atoms with Crippen molar-refractivity contribution in [2.24, 2.45) is 0 Å². The summed E-state index contributed by atoms with van der Waals surface area (Å²) < 4.78 is 0. The van der Waals surface area contributed by atoms with Gasteiger partial charge in [-0.2, -0.15) is 0 Å². The minimum absolute atomic E-state index is 0.596. The average Bonchev–Trinajstić information content (AvgIpc) is 2.41. The van der Waals surface area contributed by atoms with E-state index in [1.165, 1.54) is 0 Å². The molecule has 0 spiro atoms. The van der Waals surface area contributed by atoms with Crippen LogP contribution in [0, 0.1) is 0 Å². The third-order valence-corrected chi connectivity index (χ3v) is 2.92. The van der Waals surface area contributed by atoms with Gasteiger partial charge >= 0.3 is 0 Å². The summed E-state index contributed by atoms with van der Waals surface area (Å²) in [6, 6.07) is 5.78. The van der Waals surface area contributed by atoms with Crippen LogP contribution in [0.5, 0.6) is 0 Å². The van der Waals surface area contributed by atoms with Crippen LogP contribution in [0.2, 0.25) is 0 Å². The van der Waals surface area contributed by atoms with Crippen LogP contribution in [0.25, 0.3) is 24.2 Å². The summed E-state index contributed by atoms with van der Waals surface area (Å²) >= 11 is 3.38. The van der Waals surface area contributed by atoms with Crippen molar-refractivity contribution < 1.29 is 0 Å². The van der Waals surface area contributed by atoms with Crippen molar-refractivity contribution in [1.82, 2.24) is 15.0 Å². The number of hydrogen-bond acceptors (Lipinski definition) is 3. The normalized spacial score (nSPS) is 11.5. The van der Waals surface area contributed by atoms with E-state index in [4.69, 9.17) is 0 Å². The van der Waals surface area contributed by atoms with Gasteiger partial charge in [-0.1, -0.05) is 41.2 Å². The van der Waals surface area contributed by atoms with Gasteiger partial charge in [-0.3, -0.25) is 0 Å². The molecule has 3 nitrogen and oxygen atoms in total. The molecule has 0 aliphatic heterocycles. The second kappa shape index (κ2) is 5.69. The van der Waals surface area contributed by atoms with Gasteiger partial charge in [-0.25, -0.2) is 15.0 Å². The molecular formula is C14H12BrN3. The Morgan fingerprint density at radius 3 is 2.83 bits per heavy atom. The molecule has 2 aromatic heterocycles. The smallest absolute Gasteiger partial charge is 0.178 e. The Morgan fingerprint density at radius 2 is 2.11 bits per heavy atom. The van der Waals surface area contributed by atoms with Crippen LogP contribution in [0.15, 0.2) is 37.1 Å². The van der Waals surface area contributed by atoms with E-state index in [0.717, 1.165) is 22.0 Å². The molecule has 90 valence electrons. The van der Waals surface area contributed by atoms with Crippen molar-refractivity contribution >= 4 is 28.6 Å². The Kier molecular flexibility index (Phi) is 3.99. The number of halogens is 1. The number of hydrogen-bond donors (Lipinski definition) is 0. The van der Waals surface area contributed by atoms with Crippen LogP contribution in [-0.2, 0) is 5.33 Å². The van der Waals surface area contributed by atoms with Crippen LogP contribution >= 0.6 is 15.9 Å². The van der Waals surface area contributed by atoms with Crippen molar-refractivity contribution in [3.63, 3.8) is 0 Å². The molecule has 0 unspecified atom stereocenters. The number of aromatic nitrogens is 3. The molecule has 2 aromatic rings. The number of alkyl halides is 1. The van der Waals surface area contributed by atoms with E-state index in [1.807, 2.05) is 24.3 Å². The Hall–Kier alpha value is -1.81. The molecule has 0 amide bonds. The highest BCUT2D eigenvalue weighted by molar-refractivity contribution is 9.08. The van der Waals surface area contributed by atoms with Crippen LogP contribution in [0.4, 0.5) is 0 Å². The molecule has 0 fully saturated rings. The molecule has 0 aliphatic carbocycles. The van der Waals surface area contributed by atoms with Gasteiger partial charge in [-0.15, -0.1) is 0 Å². The standard InChI is InChI=1S/C14H12BrN3/c1-3-5-12-10(2)9-16-14(18-12)13-7-4-6-11(8-15)17-13/h3-7,9H,1-2,8H2/b12-5+. The molecule has 0 atom stereocenters. The second-order valence-electron chi connectivity index (χ2n) is 3.65. The lowest BCUT2D eigenvalue weighted by molar-refractivity contribution is 1.07. The molecule has 0 saturated heterocycles. The molecule has 0 aliphatic rings. The Bertz CT molecular complexity index is 680. The minimum atomic E-state index is 0.596. The quantitative estimate of drug-likeness (QED) is 0.812. The van der Waals surface area contributed by atoms with E-state index >= 15 is 0 Å². The van der Waals surface area contributed by atoms with Crippen molar-refractivity contribution in [3.05, 3.63) is 53.3 Å². The molecule has 0 bridgehead atoms.